The Kier molecular flexibility index (Phi) is 3.21. The van der Waals surface area contributed by atoms with Gasteiger partial charge in [0, 0.05) is 12.5 Å². The van der Waals surface area contributed by atoms with Crippen LogP contribution < -0.4 is 10.5 Å². The topological polar surface area (TPSA) is 66.0 Å². The minimum Gasteiger partial charge on any atom is -0.494 e. The number of methoxy groups -OCH3 is 1. The molecule has 0 fully saturated rings. The van der Waals surface area contributed by atoms with Crippen LogP contribution in [-0.2, 0) is 6.42 Å². The van der Waals surface area contributed by atoms with E-state index >= 15 is 0 Å². The summed E-state index contributed by atoms with van der Waals surface area (Å²) in [5.74, 6) is 1.14. The fourth-order valence-corrected chi connectivity index (χ4v) is 2.77. The summed E-state index contributed by atoms with van der Waals surface area (Å²) < 4.78 is 7.30. The van der Waals surface area contributed by atoms with Crippen molar-refractivity contribution < 1.29 is 4.74 Å². The molecular weight excluding hydrogens is 240 g/mol. The first-order valence-electron chi connectivity index (χ1n) is 6.63. The second-order valence-corrected chi connectivity index (χ2v) is 4.83. The Morgan fingerprint density at radius 2 is 2.26 bits per heavy atom. The van der Waals surface area contributed by atoms with E-state index in [9.17, 15) is 0 Å². The lowest BCUT2D eigenvalue weighted by Crippen LogP contribution is -2.21. The number of rotatable bonds is 3. The smallest absolute Gasteiger partial charge is 0.144 e. The average Bonchev–Trinajstić information content (AvgIpc) is 2.91. The number of fused-ring (bicyclic) bond motifs is 1. The predicted molar refractivity (Wildman–Crippen MR) is 72.6 cm³/mol. The molecule has 19 heavy (non-hydrogen) atoms. The van der Waals surface area contributed by atoms with Crippen molar-refractivity contribution in [1.29, 1.82) is 0 Å². The van der Waals surface area contributed by atoms with E-state index in [0.717, 1.165) is 42.1 Å². The summed E-state index contributed by atoms with van der Waals surface area (Å²) in [5.41, 5.74) is 9.05. The Morgan fingerprint density at radius 3 is 3.05 bits per heavy atom. The maximum atomic E-state index is 5.89. The van der Waals surface area contributed by atoms with Crippen LogP contribution in [0.15, 0.2) is 24.3 Å². The first-order chi connectivity index (χ1) is 9.35. The van der Waals surface area contributed by atoms with Crippen LogP contribution in [0.3, 0.4) is 0 Å². The van der Waals surface area contributed by atoms with Gasteiger partial charge in [-0.3, -0.25) is 0 Å². The number of aromatic nitrogens is 3. The highest BCUT2D eigenvalue weighted by Crippen LogP contribution is 2.33. The van der Waals surface area contributed by atoms with Crippen molar-refractivity contribution in [1.82, 2.24) is 15.0 Å². The van der Waals surface area contributed by atoms with Crippen LogP contribution in [0.1, 0.15) is 30.1 Å². The van der Waals surface area contributed by atoms with Crippen molar-refractivity contribution in [2.75, 3.05) is 13.7 Å². The summed E-state index contributed by atoms with van der Waals surface area (Å²) in [6, 6.07) is 7.86. The van der Waals surface area contributed by atoms with Gasteiger partial charge in [0.15, 0.2) is 0 Å². The molecule has 5 nitrogen and oxygen atoms in total. The highest BCUT2D eigenvalue weighted by atomic mass is 16.5. The van der Waals surface area contributed by atoms with Crippen LogP contribution in [0.2, 0.25) is 0 Å². The SMILES string of the molecule is COc1ccccc1-n1nnc2c1C(CN)CCC2. The molecule has 1 aliphatic rings. The maximum Gasteiger partial charge on any atom is 0.144 e. The third-order valence-electron chi connectivity index (χ3n) is 3.73. The van der Waals surface area contributed by atoms with E-state index in [0.29, 0.717) is 12.5 Å². The number of aryl methyl sites for hydroxylation is 1. The molecule has 0 bridgehead atoms. The van der Waals surface area contributed by atoms with Crippen LogP contribution in [0, 0.1) is 0 Å². The molecule has 5 heteroatoms. The highest BCUT2D eigenvalue weighted by Gasteiger charge is 2.26. The van der Waals surface area contributed by atoms with Crippen LogP contribution in [-0.4, -0.2) is 28.6 Å². The molecular formula is C14H18N4O. The van der Waals surface area contributed by atoms with E-state index in [1.807, 2.05) is 28.9 Å². The number of nitrogens with two attached hydrogens (primary N) is 1. The number of hydrogen-bond donors (Lipinski definition) is 1. The molecule has 100 valence electrons. The third kappa shape index (κ3) is 2.00. The number of nitrogens with zero attached hydrogens (tertiary/aromatic N) is 3. The van der Waals surface area contributed by atoms with Gasteiger partial charge < -0.3 is 10.5 Å². The molecule has 1 unspecified atom stereocenters. The van der Waals surface area contributed by atoms with E-state index in [1.54, 1.807) is 7.11 Å². The van der Waals surface area contributed by atoms with Crippen molar-refractivity contribution in [3.05, 3.63) is 35.7 Å². The molecule has 0 saturated heterocycles. The van der Waals surface area contributed by atoms with Gasteiger partial charge in [0.25, 0.3) is 0 Å². The zero-order chi connectivity index (χ0) is 13.2. The number of ether oxygens (including phenoxy) is 1. The largest absolute Gasteiger partial charge is 0.494 e. The van der Waals surface area contributed by atoms with E-state index in [2.05, 4.69) is 10.3 Å². The average molecular weight is 258 g/mol. The molecule has 1 aromatic heterocycles. The number of benzene rings is 1. The molecule has 1 atom stereocenters. The van der Waals surface area contributed by atoms with Crippen molar-refractivity contribution in [3.63, 3.8) is 0 Å². The third-order valence-corrected chi connectivity index (χ3v) is 3.73. The molecule has 0 radical (unpaired) electrons. The lowest BCUT2D eigenvalue weighted by atomic mass is 9.89. The maximum absolute atomic E-state index is 5.89. The van der Waals surface area contributed by atoms with E-state index in [4.69, 9.17) is 10.5 Å². The van der Waals surface area contributed by atoms with Crippen molar-refractivity contribution >= 4 is 0 Å². The summed E-state index contributed by atoms with van der Waals surface area (Å²) in [7, 11) is 1.67. The van der Waals surface area contributed by atoms with Crippen LogP contribution in [0.25, 0.3) is 5.69 Å². The monoisotopic (exact) mass is 258 g/mol. The summed E-state index contributed by atoms with van der Waals surface area (Å²) in [6.07, 6.45) is 3.23. The second-order valence-electron chi connectivity index (χ2n) is 4.83. The second kappa shape index (κ2) is 5.01. The van der Waals surface area contributed by atoms with Gasteiger partial charge in [-0.25, -0.2) is 4.68 Å². The van der Waals surface area contributed by atoms with Crippen LogP contribution in [0.4, 0.5) is 0 Å². The molecule has 0 aliphatic heterocycles. The Labute approximate surface area is 112 Å². The van der Waals surface area contributed by atoms with Gasteiger partial charge >= 0.3 is 0 Å². The zero-order valence-electron chi connectivity index (χ0n) is 11.0. The first-order valence-corrected chi connectivity index (χ1v) is 6.63. The van der Waals surface area contributed by atoms with Gasteiger partial charge in [-0.2, -0.15) is 0 Å². The van der Waals surface area contributed by atoms with Gasteiger partial charge in [0.05, 0.1) is 18.5 Å². The molecule has 0 spiro atoms. The molecule has 0 amide bonds. The molecule has 2 N–H and O–H groups in total. The summed E-state index contributed by atoms with van der Waals surface area (Å²) in [4.78, 5) is 0. The minimum absolute atomic E-state index is 0.337. The Hall–Kier alpha value is -1.88. The van der Waals surface area contributed by atoms with Gasteiger partial charge in [-0.05, 0) is 31.4 Å². The van der Waals surface area contributed by atoms with Gasteiger partial charge in [0.2, 0.25) is 0 Å². The Balaban J connectivity index is 2.14. The van der Waals surface area contributed by atoms with Crippen LogP contribution >= 0.6 is 0 Å². The summed E-state index contributed by atoms with van der Waals surface area (Å²) >= 11 is 0. The van der Waals surface area contributed by atoms with Crippen molar-refractivity contribution in [2.24, 2.45) is 5.73 Å². The van der Waals surface area contributed by atoms with Gasteiger partial charge in [-0.15, -0.1) is 5.10 Å². The van der Waals surface area contributed by atoms with Gasteiger partial charge in [-0.1, -0.05) is 17.3 Å². The Bertz CT molecular complexity index is 579. The number of hydrogen-bond acceptors (Lipinski definition) is 4. The summed E-state index contributed by atoms with van der Waals surface area (Å²) in [5, 5.41) is 8.61. The zero-order valence-corrected chi connectivity index (χ0v) is 11.0. The van der Waals surface area contributed by atoms with Crippen molar-refractivity contribution in [3.8, 4) is 11.4 Å². The number of para-hydroxylation sites is 2. The minimum atomic E-state index is 0.337. The predicted octanol–water partition coefficient (Wildman–Crippen LogP) is 1.65. The van der Waals surface area contributed by atoms with Gasteiger partial charge in [0.1, 0.15) is 11.4 Å². The molecule has 2 aromatic rings. The van der Waals surface area contributed by atoms with E-state index in [1.165, 1.54) is 0 Å². The molecule has 1 heterocycles. The highest BCUT2D eigenvalue weighted by molar-refractivity contribution is 5.47. The first kappa shape index (κ1) is 12.2. The summed E-state index contributed by atoms with van der Waals surface area (Å²) in [6.45, 7) is 0.634. The normalized spacial score (nSPS) is 18.1. The molecule has 0 saturated carbocycles. The fraction of sp³-hybridized carbons (Fsp3) is 0.429. The molecule has 1 aliphatic carbocycles. The molecule has 1 aromatic carbocycles. The van der Waals surface area contributed by atoms with E-state index in [-0.39, 0.29) is 0 Å². The molecule has 3 rings (SSSR count). The Morgan fingerprint density at radius 1 is 1.42 bits per heavy atom. The quantitative estimate of drug-likeness (QED) is 0.909. The van der Waals surface area contributed by atoms with E-state index < -0.39 is 0 Å². The lowest BCUT2D eigenvalue weighted by molar-refractivity contribution is 0.410. The van der Waals surface area contributed by atoms with Crippen LogP contribution in [0.5, 0.6) is 5.75 Å². The lowest BCUT2D eigenvalue weighted by Gasteiger charge is -2.22. The fourth-order valence-electron chi connectivity index (χ4n) is 2.77. The van der Waals surface area contributed by atoms with Crippen molar-refractivity contribution in [2.45, 2.75) is 25.2 Å². The standard InChI is InChI=1S/C14H18N4O/c1-19-13-8-3-2-7-12(13)18-14-10(9-15)5-4-6-11(14)16-17-18/h2-3,7-8,10H,4-6,9,15H2,1H3.